The predicted octanol–water partition coefficient (Wildman–Crippen LogP) is 2.57. The van der Waals surface area contributed by atoms with E-state index in [0.29, 0.717) is 6.42 Å². The highest BCUT2D eigenvalue weighted by molar-refractivity contribution is 5.75. The van der Waals surface area contributed by atoms with E-state index in [4.69, 9.17) is 0 Å². The molecule has 0 aromatic carbocycles. The molecule has 3 heteroatoms. The van der Waals surface area contributed by atoms with Gasteiger partial charge in [-0.1, -0.05) is 0 Å². The van der Waals surface area contributed by atoms with Crippen LogP contribution < -0.4 is 0 Å². The Hall–Kier alpha value is -1.12. The summed E-state index contributed by atoms with van der Waals surface area (Å²) in [4.78, 5) is 10.8. The summed E-state index contributed by atoms with van der Waals surface area (Å²) >= 11 is 0. The number of Topliss-reactive ketones (excluding diaryl/α,β-unsaturated/α-hetero) is 1. The van der Waals surface area contributed by atoms with Crippen LogP contribution in [-0.2, 0) is 11.3 Å². The molecule has 0 aliphatic heterocycles. The maximum atomic E-state index is 10.8. The van der Waals surface area contributed by atoms with Crippen LogP contribution in [0.25, 0.3) is 0 Å². The molecule has 1 aromatic heterocycles. The molecule has 0 aliphatic carbocycles. The van der Waals surface area contributed by atoms with Crippen molar-refractivity contribution in [1.29, 1.82) is 0 Å². The zero-order valence-electron chi connectivity index (χ0n) is 10.1. The van der Waals surface area contributed by atoms with Gasteiger partial charge in [-0.2, -0.15) is 5.10 Å². The molecule has 0 spiro atoms. The Bertz CT molecular complexity index is 353. The molecule has 15 heavy (non-hydrogen) atoms. The molecule has 0 unspecified atom stereocenters. The molecule has 0 saturated heterocycles. The van der Waals surface area contributed by atoms with E-state index in [1.54, 1.807) is 6.92 Å². The molecule has 0 bridgehead atoms. The minimum atomic E-state index is 0.277. The third kappa shape index (κ3) is 3.18. The van der Waals surface area contributed by atoms with Crippen molar-refractivity contribution in [2.75, 3.05) is 0 Å². The summed E-state index contributed by atoms with van der Waals surface area (Å²) in [5.74, 6) is 0.277. The van der Waals surface area contributed by atoms with Gasteiger partial charge in [0.2, 0.25) is 0 Å². The minimum Gasteiger partial charge on any atom is -0.300 e. The number of carbonyl (C=O) groups is 1. The van der Waals surface area contributed by atoms with Crippen molar-refractivity contribution in [2.24, 2.45) is 0 Å². The van der Waals surface area contributed by atoms with Crippen LogP contribution in [0, 0.1) is 20.8 Å². The van der Waals surface area contributed by atoms with E-state index in [-0.39, 0.29) is 5.78 Å². The van der Waals surface area contributed by atoms with E-state index < -0.39 is 0 Å². The second kappa shape index (κ2) is 5.10. The Kier molecular flexibility index (Phi) is 4.06. The highest BCUT2D eigenvalue weighted by atomic mass is 16.1. The lowest BCUT2D eigenvalue weighted by Crippen LogP contribution is -2.03. The van der Waals surface area contributed by atoms with Crippen molar-refractivity contribution in [1.82, 2.24) is 9.78 Å². The zero-order valence-corrected chi connectivity index (χ0v) is 10.1. The molecule has 84 valence electrons. The number of hydrogen-bond donors (Lipinski definition) is 0. The van der Waals surface area contributed by atoms with Crippen molar-refractivity contribution < 1.29 is 4.79 Å². The minimum absolute atomic E-state index is 0.277. The van der Waals surface area contributed by atoms with Crippen LogP contribution in [-0.4, -0.2) is 15.6 Å². The molecular formula is C12H20N2O. The maximum Gasteiger partial charge on any atom is 0.129 e. The summed E-state index contributed by atoms with van der Waals surface area (Å²) in [7, 11) is 0. The number of rotatable bonds is 5. The molecule has 0 radical (unpaired) electrons. The standard InChI is InChI=1S/C12H20N2O/c1-9(15)7-5-6-8-14-12(4)10(2)11(3)13-14/h5-8H2,1-4H3. The van der Waals surface area contributed by atoms with Gasteiger partial charge in [-0.05, 0) is 46.1 Å². The number of ketones is 1. The van der Waals surface area contributed by atoms with Crippen LogP contribution in [0.4, 0.5) is 0 Å². The lowest BCUT2D eigenvalue weighted by molar-refractivity contribution is -0.117. The third-order valence-corrected chi connectivity index (χ3v) is 2.89. The van der Waals surface area contributed by atoms with Gasteiger partial charge >= 0.3 is 0 Å². The average molecular weight is 208 g/mol. The van der Waals surface area contributed by atoms with Gasteiger partial charge < -0.3 is 4.79 Å². The Labute approximate surface area is 91.5 Å². The van der Waals surface area contributed by atoms with Gasteiger partial charge in [-0.3, -0.25) is 4.68 Å². The fourth-order valence-corrected chi connectivity index (χ4v) is 1.64. The number of aromatic nitrogens is 2. The number of unbranched alkanes of at least 4 members (excludes halogenated alkanes) is 1. The lowest BCUT2D eigenvalue weighted by Gasteiger charge is -2.03. The van der Waals surface area contributed by atoms with Crippen LogP contribution in [0.2, 0.25) is 0 Å². The summed E-state index contributed by atoms with van der Waals surface area (Å²) in [5.41, 5.74) is 3.64. The van der Waals surface area contributed by atoms with Crippen LogP contribution >= 0.6 is 0 Å². The van der Waals surface area contributed by atoms with Gasteiger partial charge in [0.25, 0.3) is 0 Å². The van der Waals surface area contributed by atoms with Gasteiger partial charge in [0.05, 0.1) is 5.69 Å². The highest BCUT2D eigenvalue weighted by Crippen LogP contribution is 2.12. The molecule has 3 nitrogen and oxygen atoms in total. The van der Waals surface area contributed by atoms with Gasteiger partial charge in [0.1, 0.15) is 5.78 Å². The van der Waals surface area contributed by atoms with E-state index >= 15 is 0 Å². The Balaban J connectivity index is 2.44. The van der Waals surface area contributed by atoms with Crippen LogP contribution in [0.1, 0.15) is 43.1 Å². The fourth-order valence-electron chi connectivity index (χ4n) is 1.64. The van der Waals surface area contributed by atoms with Crippen molar-refractivity contribution in [2.45, 2.75) is 53.5 Å². The summed E-state index contributed by atoms with van der Waals surface area (Å²) in [6, 6.07) is 0. The quantitative estimate of drug-likeness (QED) is 0.697. The van der Waals surface area contributed by atoms with E-state index in [9.17, 15) is 4.79 Å². The van der Waals surface area contributed by atoms with Gasteiger partial charge in [0, 0.05) is 18.7 Å². The van der Waals surface area contributed by atoms with Crippen molar-refractivity contribution in [3.63, 3.8) is 0 Å². The van der Waals surface area contributed by atoms with Gasteiger partial charge in [-0.15, -0.1) is 0 Å². The first-order valence-electron chi connectivity index (χ1n) is 5.52. The monoisotopic (exact) mass is 208 g/mol. The van der Waals surface area contributed by atoms with E-state index in [1.807, 2.05) is 11.6 Å². The Morgan fingerprint density at radius 3 is 2.40 bits per heavy atom. The number of hydrogen-bond acceptors (Lipinski definition) is 2. The molecule has 0 atom stereocenters. The van der Waals surface area contributed by atoms with Crippen LogP contribution in [0.15, 0.2) is 0 Å². The summed E-state index contributed by atoms with van der Waals surface area (Å²) in [5, 5.41) is 4.46. The lowest BCUT2D eigenvalue weighted by atomic mass is 10.2. The average Bonchev–Trinajstić information content (AvgIpc) is 2.41. The smallest absolute Gasteiger partial charge is 0.129 e. The molecule has 1 heterocycles. The largest absolute Gasteiger partial charge is 0.300 e. The first-order chi connectivity index (χ1) is 7.02. The van der Waals surface area contributed by atoms with E-state index in [1.165, 1.54) is 11.3 Å². The predicted molar refractivity (Wildman–Crippen MR) is 61.0 cm³/mol. The first kappa shape index (κ1) is 12.0. The molecule has 0 amide bonds. The summed E-state index contributed by atoms with van der Waals surface area (Å²) in [6.07, 6.45) is 2.69. The molecule has 1 aromatic rings. The maximum absolute atomic E-state index is 10.8. The van der Waals surface area contributed by atoms with E-state index in [2.05, 4.69) is 18.9 Å². The Morgan fingerprint density at radius 2 is 1.93 bits per heavy atom. The Morgan fingerprint density at radius 1 is 1.27 bits per heavy atom. The van der Waals surface area contributed by atoms with Crippen LogP contribution in [0.3, 0.4) is 0 Å². The third-order valence-electron chi connectivity index (χ3n) is 2.89. The van der Waals surface area contributed by atoms with Gasteiger partial charge in [-0.25, -0.2) is 0 Å². The number of nitrogens with zero attached hydrogens (tertiary/aromatic N) is 2. The second-order valence-corrected chi connectivity index (χ2v) is 4.18. The topological polar surface area (TPSA) is 34.9 Å². The SMILES string of the molecule is CC(=O)CCCCn1nc(C)c(C)c1C. The molecule has 0 saturated carbocycles. The molecule has 0 fully saturated rings. The van der Waals surface area contributed by atoms with Crippen molar-refractivity contribution >= 4 is 5.78 Å². The fraction of sp³-hybridized carbons (Fsp3) is 0.667. The summed E-state index contributed by atoms with van der Waals surface area (Å²) < 4.78 is 2.05. The normalized spacial score (nSPS) is 10.7. The van der Waals surface area contributed by atoms with Gasteiger partial charge in [0.15, 0.2) is 0 Å². The van der Waals surface area contributed by atoms with Crippen molar-refractivity contribution in [3.05, 3.63) is 17.0 Å². The molecule has 1 rings (SSSR count). The van der Waals surface area contributed by atoms with Crippen molar-refractivity contribution in [3.8, 4) is 0 Å². The molecule has 0 N–H and O–H groups in total. The molecular weight excluding hydrogens is 188 g/mol. The number of aryl methyl sites for hydroxylation is 2. The second-order valence-electron chi connectivity index (χ2n) is 4.18. The molecule has 0 aliphatic rings. The van der Waals surface area contributed by atoms with Crippen LogP contribution in [0.5, 0.6) is 0 Å². The number of carbonyl (C=O) groups excluding carboxylic acids is 1. The van der Waals surface area contributed by atoms with E-state index in [0.717, 1.165) is 25.1 Å². The zero-order chi connectivity index (χ0) is 11.4. The highest BCUT2D eigenvalue weighted by Gasteiger charge is 2.06. The first-order valence-corrected chi connectivity index (χ1v) is 5.52. The summed E-state index contributed by atoms with van der Waals surface area (Å²) in [6.45, 7) is 8.81.